The second-order valence-electron chi connectivity index (χ2n) is 5.70. The van der Waals surface area contributed by atoms with Crippen molar-refractivity contribution in [3.63, 3.8) is 0 Å². The molecule has 1 saturated carbocycles. The fraction of sp³-hybridized carbons (Fsp3) is 1.00. The van der Waals surface area contributed by atoms with E-state index in [0.717, 1.165) is 5.41 Å². The minimum Gasteiger partial charge on any atom is -0.298 e. The van der Waals surface area contributed by atoms with E-state index in [1.807, 2.05) is 0 Å². The molecule has 1 saturated heterocycles. The van der Waals surface area contributed by atoms with E-state index in [1.54, 1.807) is 0 Å². The average Bonchev–Trinajstić information content (AvgIpc) is 2.68. The summed E-state index contributed by atoms with van der Waals surface area (Å²) in [7, 11) is 0. The number of rotatable bonds is 0. The van der Waals surface area contributed by atoms with Gasteiger partial charge < -0.3 is 0 Å². The molecule has 0 unspecified atom stereocenters. The quantitative estimate of drug-likeness (QED) is 0.536. The Hall–Kier alpha value is -0.0400. The van der Waals surface area contributed by atoms with E-state index in [1.165, 1.54) is 38.8 Å². The van der Waals surface area contributed by atoms with Crippen LogP contribution in [0.4, 0.5) is 0 Å². The van der Waals surface area contributed by atoms with Crippen molar-refractivity contribution in [2.45, 2.75) is 52.0 Å². The Morgan fingerprint density at radius 2 is 1.75 bits per heavy atom. The Kier molecular flexibility index (Phi) is 1.76. The van der Waals surface area contributed by atoms with Crippen molar-refractivity contribution in [1.82, 2.24) is 4.90 Å². The lowest BCUT2D eigenvalue weighted by Crippen LogP contribution is -2.47. The third-order valence-electron chi connectivity index (χ3n) is 3.57. The van der Waals surface area contributed by atoms with Crippen LogP contribution in [0.5, 0.6) is 0 Å². The van der Waals surface area contributed by atoms with Crippen molar-refractivity contribution in [2.24, 2.45) is 5.41 Å². The second kappa shape index (κ2) is 2.47. The van der Waals surface area contributed by atoms with E-state index in [0.29, 0.717) is 5.54 Å². The van der Waals surface area contributed by atoms with Crippen molar-refractivity contribution >= 4 is 0 Å². The van der Waals surface area contributed by atoms with Gasteiger partial charge in [-0.15, -0.1) is 0 Å². The molecule has 1 heterocycles. The molecule has 0 aromatic carbocycles. The topological polar surface area (TPSA) is 3.24 Å². The summed E-state index contributed by atoms with van der Waals surface area (Å²) in [5, 5.41) is 0. The molecular weight excluding hydrogens is 146 g/mol. The highest BCUT2D eigenvalue weighted by atomic mass is 15.2. The molecule has 1 aliphatic carbocycles. The molecule has 1 aliphatic heterocycles. The largest absolute Gasteiger partial charge is 0.298 e. The van der Waals surface area contributed by atoms with Crippen LogP contribution in [0.1, 0.15) is 46.5 Å². The van der Waals surface area contributed by atoms with Crippen molar-refractivity contribution in [2.75, 3.05) is 13.1 Å². The summed E-state index contributed by atoms with van der Waals surface area (Å²) in [6, 6.07) is 0. The molecule has 0 N–H and O–H groups in total. The molecule has 12 heavy (non-hydrogen) atoms. The number of nitrogens with zero attached hydrogens (tertiary/aromatic N) is 1. The fourth-order valence-corrected chi connectivity index (χ4v) is 2.37. The predicted molar refractivity (Wildman–Crippen MR) is 52.2 cm³/mol. The molecule has 1 nitrogen and oxygen atoms in total. The van der Waals surface area contributed by atoms with Crippen LogP contribution in [-0.2, 0) is 0 Å². The smallest absolute Gasteiger partial charge is 0.0125 e. The summed E-state index contributed by atoms with van der Waals surface area (Å²) in [5.74, 6) is 0. The normalized spacial score (nSPS) is 29.2. The molecule has 70 valence electrons. The molecule has 2 aliphatic rings. The highest BCUT2D eigenvalue weighted by Crippen LogP contribution is 2.52. The summed E-state index contributed by atoms with van der Waals surface area (Å²) in [6.07, 6.45) is 5.93. The SMILES string of the molecule is CC(C)(C)N1CCCC2(CC2)C1. The van der Waals surface area contributed by atoms with Crippen molar-refractivity contribution in [3.05, 3.63) is 0 Å². The molecule has 0 radical (unpaired) electrons. The van der Waals surface area contributed by atoms with Gasteiger partial charge in [-0.3, -0.25) is 4.90 Å². The molecule has 0 bridgehead atoms. The Balaban J connectivity index is 1.99. The molecule has 0 amide bonds. The zero-order valence-electron chi connectivity index (χ0n) is 8.69. The first-order valence-corrected chi connectivity index (χ1v) is 5.27. The van der Waals surface area contributed by atoms with Gasteiger partial charge in [0.25, 0.3) is 0 Å². The van der Waals surface area contributed by atoms with Gasteiger partial charge in [0.05, 0.1) is 0 Å². The molecular formula is C11H21N. The number of likely N-dealkylation sites (tertiary alicyclic amines) is 1. The van der Waals surface area contributed by atoms with E-state index in [9.17, 15) is 0 Å². The van der Waals surface area contributed by atoms with Gasteiger partial charge in [0.1, 0.15) is 0 Å². The zero-order valence-corrected chi connectivity index (χ0v) is 8.69. The van der Waals surface area contributed by atoms with E-state index in [4.69, 9.17) is 0 Å². The maximum atomic E-state index is 2.67. The first kappa shape index (κ1) is 8.55. The minimum atomic E-state index is 0.399. The maximum absolute atomic E-state index is 2.67. The van der Waals surface area contributed by atoms with Crippen LogP contribution < -0.4 is 0 Å². The summed E-state index contributed by atoms with van der Waals surface area (Å²) >= 11 is 0. The van der Waals surface area contributed by atoms with Crippen LogP contribution >= 0.6 is 0 Å². The van der Waals surface area contributed by atoms with E-state index >= 15 is 0 Å². The Morgan fingerprint density at radius 3 is 2.25 bits per heavy atom. The number of hydrogen-bond donors (Lipinski definition) is 0. The summed E-state index contributed by atoms with van der Waals surface area (Å²) < 4.78 is 0. The number of piperidine rings is 1. The minimum absolute atomic E-state index is 0.399. The standard InChI is InChI=1S/C11H21N/c1-10(2,3)12-8-4-5-11(9-12)6-7-11/h4-9H2,1-3H3. The Bertz CT molecular complexity index is 174. The van der Waals surface area contributed by atoms with Crippen LogP contribution in [0.2, 0.25) is 0 Å². The van der Waals surface area contributed by atoms with Gasteiger partial charge in [0.15, 0.2) is 0 Å². The first-order valence-electron chi connectivity index (χ1n) is 5.27. The molecule has 0 atom stereocenters. The monoisotopic (exact) mass is 167 g/mol. The van der Waals surface area contributed by atoms with Gasteiger partial charge in [-0.2, -0.15) is 0 Å². The third kappa shape index (κ3) is 1.52. The van der Waals surface area contributed by atoms with Crippen LogP contribution in [0.15, 0.2) is 0 Å². The van der Waals surface area contributed by atoms with Crippen LogP contribution in [0.3, 0.4) is 0 Å². The van der Waals surface area contributed by atoms with E-state index < -0.39 is 0 Å². The Morgan fingerprint density at radius 1 is 1.08 bits per heavy atom. The Labute approximate surface area is 76.1 Å². The lowest BCUT2D eigenvalue weighted by atomic mass is 9.91. The van der Waals surface area contributed by atoms with Crippen molar-refractivity contribution < 1.29 is 0 Å². The molecule has 1 heteroatoms. The maximum Gasteiger partial charge on any atom is 0.0125 e. The van der Waals surface area contributed by atoms with Crippen LogP contribution in [-0.4, -0.2) is 23.5 Å². The van der Waals surface area contributed by atoms with Crippen LogP contribution in [0, 0.1) is 5.41 Å². The first-order chi connectivity index (χ1) is 5.52. The van der Waals surface area contributed by atoms with Gasteiger partial charge in [0.2, 0.25) is 0 Å². The zero-order chi connectivity index (χ0) is 8.82. The molecule has 0 aromatic heterocycles. The highest BCUT2D eigenvalue weighted by molar-refractivity contribution is 5.00. The van der Waals surface area contributed by atoms with Crippen molar-refractivity contribution in [1.29, 1.82) is 0 Å². The summed E-state index contributed by atoms with van der Waals surface area (Å²) in [6.45, 7) is 9.72. The average molecular weight is 167 g/mol. The van der Waals surface area contributed by atoms with Crippen molar-refractivity contribution in [3.8, 4) is 0 Å². The van der Waals surface area contributed by atoms with Gasteiger partial charge in [-0.1, -0.05) is 0 Å². The van der Waals surface area contributed by atoms with Gasteiger partial charge in [0, 0.05) is 12.1 Å². The van der Waals surface area contributed by atoms with Gasteiger partial charge >= 0.3 is 0 Å². The van der Waals surface area contributed by atoms with E-state index in [-0.39, 0.29) is 0 Å². The second-order valence-corrected chi connectivity index (χ2v) is 5.70. The van der Waals surface area contributed by atoms with Gasteiger partial charge in [-0.05, 0) is 58.4 Å². The lowest BCUT2D eigenvalue weighted by Gasteiger charge is -2.42. The highest BCUT2D eigenvalue weighted by Gasteiger charge is 2.46. The molecule has 2 fully saturated rings. The summed E-state index contributed by atoms with van der Waals surface area (Å²) in [5.41, 5.74) is 1.18. The fourth-order valence-electron chi connectivity index (χ4n) is 2.37. The third-order valence-corrected chi connectivity index (χ3v) is 3.57. The molecule has 0 aromatic rings. The summed E-state index contributed by atoms with van der Waals surface area (Å²) in [4.78, 5) is 2.67. The molecule has 2 rings (SSSR count). The van der Waals surface area contributed by atoms with Gasteiger partial charge in [-0.25, -0.2) is 0 Å². The van der Waals surface area contributed by atoms with E-state index in [2.05, 4.69) is 25.7 Å². The van der Waals surface area contributed by atoms with Crippen LogP contribution in [0.25, 0.3) is 0 Å². The number of hydrogen-bond acceptors (Lipinski definition) is 1. The predicted octanol–water partition coefficient (Wildman–Crippen LogP) is 2.66. The molecule has 1 spiro atoms. The lowest BCUT2D eigenvalue weighted by molar-refractivity contribution is 0.0701.